The van der Waals surface area contributed by atoms with E-state index in [1.807, 2.05) is 22.6 Å². The van der Waals surface area contributed by atoms with Crippen molar-refractivity contribution in [3.05, 3.63) is 27.1 Å². The Hall–Kier alpha value is -0.590. The molecule has 2 nitrogen and oxygen atoms in total. The fourth-order valence-electron chi connectivity index (χ4n) is 0.740. The van der Waals surface area contributed by atoms with Crippen molar-refractivity contribution < 1.29 is 13.6 Å². The topological polar surface area (TPSA) is 30.0 Å². The second kappa shape index (κ2) is 3.88. The van der Waals surface area contributed by atoms with Gasteiger partial charge in [0.25, 0.3) is 6.43 Å². The lowest BCUT2D eigenvalue weighted by atomic mass is 10.2. The summed E-state index contributed by atoms with van der Waals surface area (Å²) in [6, 6.07) is 2.65. The summed E-state index contributed by atoms with van der Waals surface area (Å²) in [5.41, 5.74) is -0.498. The number of hydrogen-bond acceptors (Lipinski definition) is 2. The monoisotopic (exact) mass is 283 g/mol. The van der Waals surface area contributed by atoms with E-state index in [0.717, 1.165) is 0 Å². The number of aldehydes is 1. The highest BCUT2D eigenvalue weighted by atomic mass is 127. The van der Waals surface area contributed by atoms with E-state index in [9.17, 15) is 13.6 Å². The van der Waals surface area contributed by atoms with Crippen molar-refractivity contribution in [2.45, 2.75) is 6.43 Å². The first-order valence-electron chi connectivity index (χ1n) is 3.05. The number of carbonyl (C=O) groups excluding carboxylic acids is 1. The molecule has 0 radical (unpaired) electrons. The van der Waals surface area contributed by atoms with Crippen LogP contribution in [0.1, 0.15) is 22.5 Å². The van der Waals surface area contributed by atoms with Crippen molar-refractivity contribution in [2.75, 3.05) is 0 Å². The first kappa shape index (κ1) is 9.50. The molecule has 64 valence electrons. The average molecular weight is 283 g/mol. The Bertz CT molecular complexity index is 303. The Kier molecular flexibility index (Phi) is 3.07. The number of pyridine rings is 1. The predicted octanol–water partition coefficient (Wildman–Crippen LogP) is 2.44. The molecule has 0 aliphatic rings. The van der Waals surface area contributed by atoms with Gasteiger partial charge in [-0.2, -0.15) is 0 Å². The van der Waals surface area contributed by atoms with Crippen LogP contribution in [0.4, 0.5) is 8.78 Å². The number of rotatable bonds is 2. The highest BCUT2D eigenvalue weighted by Gasteiger charge is 2.13. The van der Waals surface area contributed by atoms with Crippen LogP contribution < -0.4 is 0 Å². The van der Waals surface area contributed by atoms with Crippen LogP contribution in [-0.4, -0.2) is 11.3 Å². The van der Waals surface area contributed by atoms with Gasteiger partial charge in [-0.15, -0.1) is 0 Å². The maximum Gasteiger partial charge on any atom is 0.266 e. The number of hydrogen-bond donors (Lipinski definition) is 0. The molecule has 0 saturated carbocycles. The van der Waals surface area contributed by atoms with Crippen molar-refractivity contribution in [2.24, 2.45) is 0 Å². The summed E-state index contributed by atoms with van der Waals surface area (Å²) in [5, 5.41) is 0. The van der Waals surface area contributed by atoms with Crippen LogP contribution in [0.25, 0.3) is 0 Å². The standard InChI is InChI=1S/C7H4F2INO/c8-7(9)4-1-2-6(10)11-5(4)3-12/h1-3,7H. The molecule has 0 aliphatic heterocycles. The summed E-state index contributed by atoms with van der Waals surface area (Å²) >= 11 is 1.85. The van der Waals surface area contributed by atoms with Gasteiger partial charge in [0.1, 0.15) is 9.39 Å². The molecular formula is C7H4F2INO. The van der Waals surface area contributed by atoms with Gasteiger partial charge in [-0.05, 0) is 34.7 Å². The van der Waals surface area contributed by atoms with Gasteiger partial charge in [-0.3, -0.25) is 4.79 Å². The van der Waals surface area contributed by atoms with E-state index in [1.54, 1.807) is 0 Å². The largest absolute Gasteiger partial charge is 0.296 e. The maximum atomic E-state index is 12.1. The summed E-state index contributed by atoms with van der Waals surface area (Å²) < 4.78 is 24.8. The summed E-state index contributed by atoms with van der Waals surface area (Å²) in [6.45, 7) is 0. The van der Waals surface area contributed by atoms with Gasteiger partial charge in [-0.1, -0.05) is 0 Å². The van der Waals surface area contributed by atoms with E-state index in [1.165, 1.54) is 12.1 Å². The van der Waals surface area contributed by atoms with Gasteiger partial charge in [0.15, 0.2) is 6.29 Å². The van der Waals surface area contributed by atoms with Crippen molar-refractivity contribution in [1.82, 2.24) is 4.98 Å². The van der Waals surface area contributed by atoms with Crippen molar-refractivity contribution in [1.29, 1.82) is 0 Å². The third-order valence-corrected chi connectivity index (χ3v) is 1.87. The molecule has 5 heteroatoms. The molecule has 0 bridgehead atoms. The first-order valence-corrected chi connectivity index (χ1v) is 4.13. The zero-order chi connectivity index (χ0) is 9.14. The molecule has 0 spiro atoms. The fourth-order valence-corrected chi connectivity index (χ4v) is 1.18. The molecule has 1 heterocycles. The Balaban J connectivity index is 3.20. The minimum absolute atomic E-state index is 0.183. The molecule has 0 N–H and O–H groups in total. The highest BCUT2D eigenvalue weighted by molar-refractivity contribution is 14.1. The van der Waals surface area contributed by atoms with Gasteiger partial charge in [0, 0.05) is 5.56 Å². The molecule has 0 aliphatic carbocycles. The zero-order valence-electron chi connectivity index (χ0n) is 5.80. The molecule has 0 saturated heterocycles. The lowest BCUT2D eigenvalue weighted by Gasteiger charge is -2.01. The van der Waals surface area contributed by atoms with Crippen LogP contribution in [0.2, 0.25) is 0 Å². The molecule has 12 heavy (non-hydrogen) atoms. The Morgan fingerprint density at radius 1 is 1.50 bits per heavy atom. The molecule has 1 aromatic rings. The number of alkyl halides is 2. The molecule has 1 aromatic heterocycles. The van der Waals surface area contributed by atoms with E-state index < -0.39 is 6.43 Å². The van der Waals surface area contributed by atoms with Gasteiger partial charge in [0.2, 0.25) is 0 Å². The minimum Gasteiger partial charge on any atom is -0.296 e. The molecule has 1 rings (SSSR count). The lowest BCUT2D eigenvalue weighted by Crippen LogP contribution is -1.98. The molecular weight excluding hydrogens is 279 g/mol. The Morgan fingerprint density at radius 3 is 2.67 bits per heavy atom. The third kappa shape index (κ3) is 1.96. The molecule has 0 amide bonds. The number of carbonyl (C=O) groups is 1. The van der Waals surface area contributed by atoms with Gasteiger partial charge in [0.05, 0.1) is 0 Å². The van der Waals surface area contributed by atoms with Crippen LogP contribution in [0, 0.1) is 3.70 Å². The van der Waals surface area contributed by atoms with E-state index >= 15 is 0 Å². The quantitative estimate of drug-likeness (QED) is 0.474. The summed E-state index contributed by atoms with van der Waals surface area (Å²) in [5.74, 6) is 0. The van der Waals surface area contributed by atoms with Gasteiger partial charge >= 0.3 is 0 Å². The number of nitrogens with zero attached hydrogens (tertiary/aromatic N) is 1. The summed E-state index contributed by atoms with van der Waals surface area (Å²) in [7, 11) is 0. The second-order valence-corrected chi connectivity index (χ2v) is 3.13. The Labute approximate surface area is 81.1 Å². The maximum absolute atomic E-state index is 12.1. The molecule has 0 fully saturated rings. The van der Waals surface area contributed by atoms with Gasteiger partial charge in [-0.25, -0.2) is 13.8 Å². The van der Waals surface area contributed by atoms with Crippen LogP contribution in [0.5, 0.6) is 0 Å². The smallest absolute Gasteiger partial charge is 0.266 e. The molecule has 0 atom stereocenters. The third-order valence-electron chi connectivity index (χ3n) is 1.27. The lowest BCUT2D eigenvalue weighted by molar-refractivity contribution is 0.110. The van der Waals surface area contributed by atoms with Crippen LogP contribution in [0.3, 0.4) is 0 Å². The minimum atomic E-state index is -2.64. The molecule has 0 aromatic carbocycles. The van der Waals surface area contributed by atoms with Crippen LogP contribution in [0.15, 0.2) is 12.1 Å². The number of aromatic nitrogens is 1. The second-order valence-electron chi connectivity index (χ2n) is 2.03. The fraction of sp³-hybridized carbons (Fsp3) is 0.143. The highest BCUT2D eigenvalue weighted by Crippen LogP contribution is 2.21. The predicted molar refractivity (Wildman–Crippen MR) is 47.3 cm³/mol. The van der Waals surface area contributed by atoms with Crippen molar-refractivity contribution in [3.63, 3.8) is 0 Å². The Morgan fingerprint density at radius 2 is 2.17 bits per heavy atom. The van der Waals surface area contributed by atoms with E-state index in [-0.39, 0.29) is 11.3 Å². The van der Waals surface area contributed by atoms with E-state index in [0.29, 0.717) is 9.99 Å². The average Bonchev–Trinajstić information content (AvgIpc) is 2.03. The summed E-state index contributed by atoms with van der Waals surface area (Å²) in [6.07, 6.45) is -2.31. The summed E-state index contributed by atoms with van der Waals surface area (Å²) in [4.78, 5) is 13.9. The SMILES string of the molecule is O=Cc1nc(I)ccc1C(F)F. The van der Waals surface area contributed by atoms with E-state index in [4.69, 9.17) is 0 Å². The van der Waals surface area contributed by atoms with Crippen LogP contribution in [-0.2, 0) is 0 Å². The van der Waals surface area contributed by atoms with E-state index in [2.05, 4.69) is 4.98 Å². The van der Waals surface area contributed by atoms with Crippen LogP contribution >= 0.6 is 22.6 Å². The normalized spacial score (nSPS) is 10.3. The zero-order valence-corrected chi connectivity index (χ0v) is 7.96. The first-order chi connectivity index (χ1) is 5.65. The number of halogens is 3. The van der Waals surface area contributed by atoms with Crippen molar-refractivity contribution >= 4 is 28.9 Å². The molecule has 0 unspecified atom stereocenters. The van der Waals surface area contributed by atoms with Crippen molar-refractivity contribution in [3.8, 4) is 0 Å². The van der Waals surface area contributed by atoms with Gasteiger partial charge < -0.3 is 0 Å².